The van der Waals surface area contributed by atoms with Crippen LogP contribution in [0, 0.1) is 6.92 Å². The van der Waals surface area contributed by atoms with E-state index in [2.05, 4.69) is 102 Å². The highest BCUT2D eigenvalue weighted by Gasteiger charge is 2.18. The van der Waals surface area contributed by atoms with Gasteiger partial charge in [0.15, 0.2) is 0 Å². The van der Waals surface area contributed by atoms with Crippen LogP contribution >= 0.6 is 0 Å². The Kier molecular flexibility index (Phi) is 3.20. The summed E-state index contributed by atoms with van der Waals surface area (Å²) in [6.45, 7) is 2.12. The van der Waals surface area contributed by atoms with E-state index in [1.165, 1.54) is 37.7 Å². The number of aromatic amines is 2. The highest BCUT2D eigenvalue weighted by Crippen LogP contribution is 2.40. The number of imidazole rings is 1. The standard InChI is InChI=1S/C28H19N3/c1-16-24(22-12-6-7-13-23(22)29-16)28-30-26-21-11-5-4-10-19(21)20-15-14-17-8-2-3-9-18(17)25(20)27(26)31-28/h2-15,29H,1H3,(H,30,31). The van der Waals surface area contributed by atoms with E-state index in [0.29, 0.717) is 0 Å². The van der Waals surface area contributed by atoms with E-state index in [-0.39, 0.29) is 0 Å². The van der Waals surface area contributed by atoms with Crippen molar-refractivity contribution in [2.45, 2.75) is 6.92 Å². The summed E-state index contributed by atoms with van der Waals surface area (Å²) >= 11 is 0. The van der Waals surface area contributed by atoms with Gasteiger partial charge in [-0.15, -0.1) is 0 Å². The van der Waals surface area contributed by atoms with Gasteiger partial charge in [-0.2, -0.15) is 0 Å². The molecule has 0 saturated carbocycles. The molecule has 0 bridgehead atoms. The van der Waals surface area contributed by atoms with Crippen molar-refractivity contribution in [1.82, 2.24) is 15.0 Å². The summed E-state index contributed by atoms with van der Waals surface area (Å²) in [6.07, 6.45) is 0. The van der Waals surface area contributed by atoms with Crippen molar-refractivity contribution in [2.75, 3.05) is 0 Å². The van der Waals surface area contributed by atoms with Crippen LogP contribution in [0.1, 0.15) is 5.69 Å². The number of nitrogens with zero attached hydrogens (tertiary/aromatic N) is 1. The molecule has 2 N–H and O–H groups in total. The molecule has 0 aliphatic heterocycles. The zero-order chi connectivity index (χ0) is 20.5. The number of hydrogen-bond acceptors (Lipinski definition) is 1. The van der Waals surface area contributed by atoms with E-state index in [0.717, 1.165) is 33.6 Å². The van der Waals surface area contributed by atoms with Crippen LogP contribution < -0.4 is 0 Å². The van der Waals surface area contributed by atoms with Crippen molar-refractivity contribution in [1.29, 1.82) is 0 Å². The topological polar surface area (TPSA) is 44.5 Å². The summed E-state index contributed by atoms with van der Waals surface area (Å²) in [7, 11) is 0. The lowest BCUT2D eigenvalue weighted by molar-refractivity contribution is 1.26. The maximum atomic E-state index is 5.22. The van der Waals surface area contributed by atoms with Crippen molar-refractivity contribution < 1.29 is 0 Å². The first kappa shape index (κ1) is 16.7. The molecule has 0 saturated heterocycles. The van der Waals surface area contributed by atoms with Crippen molar-refractivity contribution in [3.05, 3.63) is 90.6 Å². The Bertz CT molecular complexity index is 1790. The molecule has 0 amide bonds. The van der Waals surface area contributed by atoms with Crippen LogP contribution in [0.2, 0.25) is 0 Å². The summed E-state index contributed by atoms with van der Waals surface area (Å²) in [4.78, 5) is 12.4. The third-order valence-corrected chi connectivity index (χ3v) is 6.49. The molecule has 146 valence electrons. The lowest BCUT2D eigenvalue weighted by atomic mass is 9.95. The molecule has 3 nitrogen and oxygen atoms in total. The highest BCUT2D eigenvalue weighted by molar-refractivity contribution is 6.30. The minimum Gasteiger partial charge on any atom is -0.358 e. The average molecular weight is 397 g/mol. The minimum atomic E-state index is 0.913. The lowest BCUT2D eigenvalue weighted by Crippen LogP contribution is -1.84. The van der Waals surface area contributed by atoms with Gasteiger partial charge >= 0.3 is 0 Å². The first-order chi connectivity index (χ1) is 15.3. The summed E-state index contributed by atoms with van der Waals surface area (Å²) < 4.78 is 0. The molecule has 0 aliphatic rings. The number of para-hydroxylation sites is 1. The third kappa shape index (κ3) is 2.20. The van der Waals surface area contributed by atoms with Crippen LogP contribution in [0.15, 0.2) is 84.9 Å². The Hall–Kier alpha value is -4.11. The lowest BCUT2D eigenvalue weighted by Gasteiger charge is -2.09. The Morgan fingerprint density at radius 3 is 2.19 bits per heavy atom. The minimum absolute atomic E-state index is 0.913. The molecule has 0 atom stereocenters. The summed E-state index contributed by atoms with van der Waals surface area (Å²) in [5, 5.41) is 8.59. The fraction of sp³-hybridized carbons (Fsp3) is 0.0357. The van der Waals surface area contributed by atoms with Gasteiger partial charge in [0, 0.05) is 32.9 Å². The Morgan fingerprint density at radius 2 is 1.32 bits per heavy atom. The molecule has 2 heterocycles. The predicted molar refractivity (Wildman–Crippen MR) is 131 cm³/mol. The van der Waals surface area contributed by atoms with Crippen LogP contribution in [0.25, 0.3) is 65.6 Å². The monoisotopic (exact) mass is 397 g/mol. The van der Waals surface area contributed by atoms with Gasteiger partial charge in [0.25, 0.3) is 0 Å². The van der Waals surface area contributed by atoms with Gasteiger partial charge in [-0.25, -0.2) is 4.98 Å². The third-order valence-electron chi connectivity index (χ3n) is 6.49. The van der Waals surface area contributed by atoms with Crippen molar-refractivity contribution in [3.8, 4) is 11.4 Å². The molecule has 7 rings (SSSR count). The van der Waals surface area contributed by atoms with Gasteiger partial charge in [0.1, 0.15) is 5.82 Å². The molecule has 7 aromatic rings. The van der Waals surface area contributed by atoms with E-state index < -0.39 is 0 Å². The van der Waals surface area contributed by atoms with Crippen molar-refractivity contribution in [3.63, 3.8) is 0 Å². The second-order valence-electron chi connectivity index (χ2n) is 8.23. The molecule has 0 radical (unpaired) electrons. The average Bonchev–Trinajstić information content (AvgIpc) is 3.39. The smallest absolute Gasteiger partial charge is 0.140 e. The number of rotatable bonds is 1. The quantitative estimate of drug-likeness (QED) is 0.277. The Labute approximate surface area is 178 Å². The van der Waals surface area contributed by atoms with Crippen LogP contribution in [0.3, 0.4) is 0 Å². The van der Waals surface area contributed by atoms with E-state index >= 15 is 0 Å². The summed E-state index contributed by atoms with van der Waals surface area (Å²) in [6, 6.07) is 30.1. The van der Waals surface area contributed by atoms with Crippen molar-refractivity contribution >= 4 is 54.3 Å². The zero-order valence-corrected chi connectivity index (χ0v) is 17.0. The summed E-state index contributed by atoms with van der Waals surface area (Å²) in [5.74, 6) is 0.913. The number of H-pyrrole nitrogens is 2. The van der Waals surface area contributed by atoms with E-state index in [1.807, 2.05) is 0 Å². The second kappa shape index (κ2) is 5.96. The van der Waals surface area contributed by atoms with Gasteiger partial charge < -0.3 is 9.97 Å². The van der Waals surface area contributed by atoms with E-state index in [1.54, 1.807) is 0 Å². The first-order valence-electron chi connectivity index (χ1n) is 10.6. The largest absolute Gasteiger partial charge is 0.358 e. The fourth-order valence-corrected chi connectivity index (χ4v) is 5.14. The number of aromatic nitrogens is 3. The van der Waals surface area contributed by atoms with Crippen LogP contribution in [0.5, 0.6) is 0 Å². The normalized spacial score (nSPS) is 12.0. The van der Waals surface area contributed by atoms with Gasteiger partial charge in [-0.05, 0) is 34.5 Å². The molecular weight excluding hydrogens is 378 g/mol. The van der Waals surface area contributed by atoms with Crippen LogP contribution in [0.4, 0.5) is 0 Å². The SMILES string of the molecule is Cc1[nH]c2ccccc2c1-c1nc2c([nH]1)c1ccccc1c1ccc3ccccc3c12. The molecule has 0 spiro atoms. The predicted octanol–water partition coefficient (Wildman–Crippen LogP) is 7.48. The summed E-state index contributed by atoms with van der Waals surface area (Å²) in [5.41, 5.74) is 5.53. The Balaban J connectivity index is 1.71. The van der Waals surface area contributed by atoms with Gasteiger partial charge in [0.05, 0.1) is 11.0 Å². The second-order valence-corrected chi connectivity index (χ2v) is 8.23. The molecule has 0 aliphatic carbocycles. The fourth-order valence-electron chi connectivity index (χ4n) is 5.14. The molecule has 31 heavy (non-hydrogen) atoms. The van der Waals surface area contributed by atoms with Crippen molar-refractivity contribution in [2.24, 2.45) is 0 Å². The number of hydrogen-bond donors (Lipinski definition) is 2. The maximum Gasteiger partial charge on any atom is 0.140 e. The molecule has 0 fully saturated rings. The molecule has 3 heteroatoms. The van der Waals surface area contributed by atoms with Gasteiger partial charge in [-0.3, -0.25) is 0 Å². The molecule has 5 aromatic carbocycles. The molecular formula is C28H19N3. The van der Waals surface area contributed by atoms with Crippen LogP contribution in [-0.2, 0) is 0 Å². The number of benzene rings is 5. The highest BCUT2D eigenvalue weighted by atomic mass is 14.9. The first-order valence-corrected chi connectivity index (χ1v) is 10.6. The van der Waals surface area contributed by atoms with E-state index in [4.69, 9.17) is 4.98 Å². The maximum absolute atomic E-state index is 5.22. The molecule has 2 aromatic heterocycles. The van der Waals surface area contributed by atoms with Gasteiger partial charge in [0.2, 0.25) is 0 Å². The van der Waals surface area contributed by atoms with Crippen LogP contribution in [-0.4, -0.2) is 15.0 Å². The number of aryl methyl sites for hydroxylation is 1. The number of nitrogens with one attached hydrogen (secondary N) is 2. The Morgan fingerprint density at radius 1 is 0.613 bits per heavy atom. The van der Waals surface area contributed by atoms with E-state index in [9.17, 15) is 0 Å². The van der Waals surface area contributed by atoms with Gasteiger partial charge in [-0.1, -0.05) is 78.9 Å². The zero-order valence-electron chi connectivity index (χ0n) is 17.0. The molecule has 0 unspecified atom stereocenters. The number of fused-ring (bicyclic) bond motifs is 9.